The van der Waals surface area contributed by atoms with Crippen molar-refractivity contribution in [3.63, 3.8) is 0 Å². The molecular formula is C30H54N2O2S. The summed E-state index contributed by atoms with van der Waals surface area (Å²) in [6.07, 6.45) is 26.8. The van der Waals surface area contributed by atoms with Crippen LogP contribution in [0, 0.1) is 6.92 Å². The van der Waals surface area contributed by atoms with Gasteiger partial charge in [0, 0.05) is 11.3 Å². The zero-order valence-corrected chi connectivity index (χ0v) is 24.0. The van der Waals surface area contributed by atoms with E-state index in [0.29, 0.717) is 17.0 Å². The van der Waals surface area contributed by atoms with E-state index >= 15 is 0 Å². The average molecular weight is 507 g/mol. The molecule has 0 aliphatic rings. The Morgan fingerprint density at radius 3 is 1.46 bits per heavy atom. The Labute approximate surface area is 220 Å². The normalized spacial score (nSPS) is 11.2. The van der Waals surface area contributed by atoms with Crippen LogP contribution in [0.15, 0.2) is 0 Å². The van der Waals surface area contributed by atoms with Gasteiger partial charge in [0.1, 0.15) is 5.00 Å². The van der Waals surface area contributed by atoms with Crippen LogP contribution < -0.4 is 11.1 Å². The number of aryl methyl sites for hydroxylation is 1. The third-order valence-electron chi connectivity index (χ3n) is 7.07. The molecule has 0 spiro atoms. The number of hydrogen-bond donors (Lipinski definition) is 2. The van der Waals surface area contributed by atoms with Crippen LogP contribution in [0.1, 0.15) is 163 Å². The van der Waals surface area contributed by atoms with E-state index in [9.17, 15) is 9.59 Å². The van der Waals surface area contributed by atoms with Crippen molar-refractivity contribution in [2.75, 3.05) is 5.32 Å². The topological polar surface area (TPSA) is 72.2 Å². The van der Waals surface area contributed by atoms with Crippen molar-refractivity contribution in [2.24, 2.45) is 5.73 Å². The Morgan fingerprint density at radius 1 is 0.686 bits per heavy atom. The number of carbonyl (C=O) groups excluding carboxylic acids is 2. The van der Waals surface area contributed by atoms with Gasteiger partial charge in [-0.05, 0) is 25.3 Å². The molecule has 0 aromatic carbocycles. The van der Waals surface area contributed by atoms with Gasteiger partial charge in [-0.3, -0.25) is 9.59 Å². The van der Waals surface area contributed by atoms with Gasteiger partial charge >= 0.3 is 0 Å². The lowest BCUT2D eigenvalue weighted by atomic mass is 10.0. The van der Waals surface area contributed by atoms with Crippen LogP contribution in [-0.2, 0) is 11.2 Å². The molecule has 5 heteroatoms. The lowest BCUT2D eigenvalue weighted by molar-refractivity contribution is -0.116. The summed E-state index contributed by atoms with van der Waals surface area (Å²) in [6.45, 7) is 6.27. The molecule has 35 heavy (non-hydrogen) atoms. The van der Waals surface area contributed by atoms with Crippen LogP contribution in [0.4, 0.5) is 5.00 Å². The monoisotopic (exact) mass is 506 g/mol. The summed E-state index contributed by atoms with van der Waals surface area (Å²) in [5, 5.41) is 3.54. The summed E-state index contributed by atoms with van der Waals surface area (Å²) in [5.41, 5.74) is 7.00. The maximum Gasteiger partial charge on any atom is 0.251 e. The van der Waals surface area contributed by atoms with Crippen LogP contribution >= 0.6 is 11.3 Å². The fourth-order valence-corrected chi connectivity index (χ4v) is 6.07. The molecule has 0 fully saturated rings. The first-order chi connectivity index (χ1) is 17.0. The molecule has 1 heterocycles. The molecule has 202 valence electrons. The van der Waals surface area contributed by atoms with Gasteiger partial charge in [-0.2, -0.15) is 0 Å². The quantitative estimate of drug-likeness (QED) is 0.145. The molecule has 1 rings (SSSR count). The number of amides is 2. The van der Waals surface area contributed by atoms with Crippen LogP contribution in [0.2, 0.25) is 0 Å². The number of nitrogens with two attached hydrogens (primary N) is 1. The maximum atomic E-state index is 12.3. The van der Waals surface area contributed by atoms with E-state index < -0.39 is 5.91 Å². The first-order valence-electron chi connectivity index (χ1n) is 14.7. The van der Waals surface area contributed by atoms with Gasteiger partial charge in [0.25, 0.3) is 5.91 Å². The molecular weight excluding hydrogens is 452 g/mol. The van der Waals surface area contributed by atoms with Crippen LogP contribution in [0.5, 0.6) is 0 Å². The van der Waals surface area contributed by atoms with Gasteiger partial charge < -0.3 is 11.1 Å². The van der Waals surface area contributed by atoms with Gasteiger partial charge in [0.15, 0.2) is 0 Å². The van der Waals surface area contributed by atoms with Crippen molar-refractivity contribution in [1.29, 1.82) is 0 Å². The Morgan fingerprint density at radius 2 is 1.09 bits per heavy atom. The molecule has 1 aromatic rings. The van der Waals surface area contributed by atoms with E-state index in [4.69, 9.17) is 5.73 Å². The smallest absolute Gasteiger partial charge is 0.251 e. The summed E-state index contributed by atoms with van der Waals surface area (Å²) < 4.78 is 0. The van der Waals surface area contributed by atoms with E-state index in [1.54, 1.807) is 0 Å². The second-order valence-electron chi connectivity index (χ2n) is 10.2. The number of carbonyl (C=O) groups is 2. The van der Waals surface area contributed by atoms with Gasteiger partial charge in [0.05, 0.1) is 5.56 Å². The Bertz CT molecular complexity index is 699. The van der Waals surface area contributed by atoms with Gasteiger partial charge in [-0.25, -0.2) is 0 Å². The Kier molecular flexibility index (Phi) is 18.8. The number of nitrogens with one attached hydrogen (secondary N) is 1. The van der Waals surface area contributed by atoms with E-state index in [1.807, 2.05) is 13.8 Å². The summed E-state index contributed by atoms with van der Waals surface area (Å²) in [6, 6.07) is 0. The third kappa shape index (κ3) is 14.7. The summed E-state index contributed by atoms with van der Waals surface area (Å²) >= 11 is 1.46. The third-order valence-corrected chi connectivity index (χ3v) is 8.13. The second-order valence-corrected chi connectivity index (χ2v) is 11.4. The van der Waals surface area contributed by atoms with E-state index in [0.717, 1.165) is 29.7 Å². The maximum absolute atomic E-state index is 12.3. The highest BCUT2D eigenvalue weighted by atomic mass is 32.1. The van der Waals surface area contributed by atoms with Crippen molar-refractivity contribution in [3.8, 4) is 0 Å². The van der Waals surface area contributed by atoms with Crippen LogP contribution in [-0.4, -0.2) is 11.8 Å². The van der Waals surface area contributed by atoms with Crippen molar-refractivity contribution in [1.82, 2.24) is 0 Å². The Balaban J connectivity index is 1.92. The zero-order valence-electron chi connectivity index (χ0n) is 23.2. The highest BCUT2D eigenvalue weighted by Crippen LogP contribution is 2.33. The van der Waals surface area contributed by atoms with Crippen molar-refractivity contribution < 1.29 is 9.59 Å². The molecule has 0 saturated heterocycles. The molecule has 4 nitrogen and oxygen atoms in total. The number of rotatable bonds is 23. The molecule has 1 aromatic heterocycles. The average Bonchev–Trinajstić information content (AvgIpc) is 3.15. The lowest BCUT2D eigenvalue weighted by Gasteiger charge is -2.06. The summed E-state index contributed by atoms with van der Waals surface area (Å²) in [4.78, 5) is 25.2. The van der Waals surface area contributed by atoms with Crippen LogP contribution in [0.3, 0.4) is 0 Å². The fourth-order valence-electron chi connectivity index (χ4n) is 4.91. The summed E-state index contributed by atoms with van der Waals surface area (Å²) in [7, 11) is 0. The zero-order chi connectivity index (χ0) is 25.7. The van der Waals surface area contributed by atoms with Crippen molar-refractivity contribution in [2.45, 2.75) is 156 Å². The molecule has 0 radical (unpaired) electrons. The second kappa shape index (κ2) is 20.8. The van der Waals surface area contributed by atoms with E-state index in [-0.39, 0.29) is 5.91 Å². The van der Waals surface area contributed by atoms with Crippen molar-refractivity contribution >= 4 is 28.2 Å². The molecule has 0 saturated carbocycles. The van der Waals surface area contributed by atoms with Gasteiger partial charge in [-0.15, -0.1) is 11.3 Å². The largest absolute Gasteiger partial charge is 0.365 e. The fraction of sp³-hybridized carbons (Fsp3) is 0.800. The predicted octanol–water partition coefficient (Wildman–Crippen LogP) is 9.48. The molecule has 0 aliphatic heterocycles. The molecule has 0 atom stereocenters. The van der Waals surface area contributed by atoms with Crippen molar-refractivity contribution in [3.05, 3.63) is 16.0 Å². The number of anilines is 1. The SMILES string of the molecule is CCCCCCCCCCCCCCCCCCCCCC(=O)Nc1sc(C)c(CC)c1C(N)=O. The molecule has 3 N–H and O–H groups in total. The molecule has 0 unspecified atom stereocenters. The molecule has 0 aliphatic carbocycles. The van der Waals surface area contributed by atoms with E-state index in [1.165, 1.54) is 120 Å². The molecule has 0 bridgehead atoms. The Hall–Kier alpha value is -1.36. The number of hydrogen-bond acceptors (Lipinski definition) is 3. The predicted molar refractivity (Wildman–Crippen MR) is 154 cm³/mol. The lowest BCUT2D eigenvalue weighted by Crippen LogP contribution is -2.17. The minimum Gasteiger partial charge on any atom is -0.365 e. The standard InChI is InChI=1S/C30H54N2O2S/c1-4-6-7-8-9-10-11-12-13-14-15-16-17-18-19-20-21-22-23-24-27(33)32-30-28(29(31)34)26(5-2)25(3)35-30/h4-24H2,1-3H3,(H2,31,34)(H,32,33). The minimum absolute atomic E-state index is 0.0108. The van der Waals surface area contributed by atoms with Crippen LogP contribution in [0.25, 0.3) is 0 Å². The molecule has 2 amide bonds. The highest BCUT2D eigenvalue weighted by Gasteiger charge is 2.20. The number of thiophene rings is 1. The number of unbranched alkanes of at least 4 members (excludes halogenated alkanes) is 18. The first-order valence-corrected chi connectivity index (χ1v) is 15.5. The van der Waals surface area contributed by atoms with Gasteiger partial charge in [-0.1, -0.05) is 129 Å². The van der Waals surface area contributed by atoms with Gasteiger partial charge in [0.2, 0.25) is 5.91 Å². The number of primary amides is 1. The summed E-state index contributed by atoms with van der Waals surface area (Å²) in [5.74, 6) is -0.464. The first kappa shape index (κ1) is 31.7. The highest BCUT2D eigenvalue weighted by molar-refractivity contribution is 7.16. The minimum atomic E-state index is -0.454. The van der Waals surface area contributed by atoms with E-state index in [2.05, 4.69) is 12.2 Å².